The number of fused-ring (bicyclic) bond motifs is 1. The molecule has 0 atom stereocenters. The van der Waals surface area contributed by atoms with Crippen LogP contribution in [0.2, 0.25) is 0 Å². The molecule has 0 unspecified atom stereocenters. The number of hydrogen-bond acceptors (Lipinski definition) is 2. The number of ether oxygens (including phenoxy) is 1. The van der Waals surface area contributed by atoms with E-state index in [1.807, 2.05) is 30.3 Å². The monoisotopic (exact) mass is 372 g/mol. The third kappa shape index (κ3) is 4.07. The van der Waals surface area contributed by atoms with Crippen molar-refractivity contribution in [2.75, 3.05) is 13.2 Å². The molecule has 1 aliphatic rings. The molecular formula is C24H24N2O2. The molecule has 28 heavy (non-hydrogen) atoms. The number of rotatable bonds is 6. The van der Waals surface area contributed by atoms with Gasteiger partial charge in [-0.3, -0.25) is 4.79 Å². The molecule has 0 radical (unpaired) electrons. The number of amides is 1. The van der Waals surface area contributed by atoms with Crippen LogP contribution in [0.4, 0.5) is 0 Å². The van der Waals surface area contributed by atoms with E-state index in [4.69, 9.17) is 4.74 Å². The standard InChI is InChI=1S/C24H24N2O2/c1-17-9-10-20(23-15-21-22(26-23)11-12-25-24(21)27)14-19(17)8-5-13-28-16-18-6-3-2-4-7-18/h2-10,14-15,26H,11-13,16H2,1H3,(H,25,27)/b8-5+. The molecular weight excluding hydrogens is 348 g/mol. The number of aromatic amines is 1. The molecule has 1 aliphatic heterocycles. The van der Waals surface area contributed by atoms with E-state index in [1.165, 1.54) is 11.1 Å². The quantitative estimate of drug-likeness (QED) is 0.626. The Morgan fingerprint density at radius 3 is 2.79 bits per heavy atom. The van der Waals surface area contributed by atoms with Crippen molar-refractivity contribution >= 4 is 12.0 Å². The minimum Gasteiger partial charge on any atom is -0.373 e. The summed E-state index contributed by atoms with van der Waals surface area (Å²) in [6.07, 6.45) is 4.99. The normalized spacial score (nSPS) is 13.5. The maximum absolute atomic E-state index is 12.0. The fourth-order valence-corrected chi connectivity index (χ4v) is 3.43. The maximum atomic E-state index is 12.0. The Labute approximate surface area is 165 Å². The number of hydrogen-bond donors (Lipinski definition) is 2. The summed E-state index contributed by atoms with van der Waals surface area (Å²) in [5, 5.41) is 2.89. The van der Waals surface area contributed by atoms with Gasteiger partial charge in [-0.25, -0.2) is 0 Å². The summed E-state index contributed by atoms with van der Waals surface area (Å²) in [7, 11) is 0. The van der Waals surface area contributed by atoms with Crippen LogP contribution in [0.15, 0.2) is 60.7 Å². The van der Waals surface area contributed by atoms with Crippen molar-refractivity contribution in [1.82, 2.24) is 10.3 Å². The van der Waals surface area contributed by atoms with Crippen molar-refractivity contribution in [2.24, 2.45) is 0 Å². The highest BCUT2D eigenvalue weighted by Gasteiger charge is 2.19. The van der Waals surface area contributed by atoms with Crippen molar-refractivity contribution < 1.29 is 9.53 Å². The lowest BCUT2D eigenvalue weighted by Crippen LogP contribution is -2.31. The predicted molar refractivity (Wildman–Crippen MR) is 112 cm³/mol. The van der Waals surface area contributed by atoms with Crippen LogP contribution >= 0.6 is 0 Å². The molecule has 0 saturated carbocycles. The second-order valence-electron chi connectivity index (χ2n) is 7.06. The van der Waals surface area contributed by atoms with E-state index in [1.54, 1.807) is 0 Å². The second-order valence-corrected chi connectivity index (χ2v) is 7.06. The zero-order valence-corrected chi connectivity index (χ0v) is 16.0. The van der Waals surface area contributed by atoms with E-state index in [0.29, 0.717) is 19.8 Å². The van der Waals surface area contributed by atoms with Gasteiger partial charge in [-0.05, 0) is 41.3 Å². The summed E-state index contributed by atoms with van der Waals surface area (Å²) < 4.78 is 5.73. The van der Waals surface area contributed by atoms with Crippen LogP contribution in [0, 0.1) is 6.92 Å². The summed E-state index contributed by atoms with van der Waals surface area (Å²) in [6, 6.07) is 18.5. The fourth-order valence-electron chi connectivity index (χ4n) is 3.43. The SMILES string of the molecule is Cc1ccc(-c2cc3c([nH]2)CCNC3=O)cc1/C=C/COCc1ccccc1. The minimum absolute atomic E-state index is 0.00606. The first-order chi connectivity index (χ1) is 13.7. The van der Waals surface area contributed by atoms with E-state index in [0.717, 1.165) is 34.5 Å². The van der Waals surface area contributed by atoms with Crippen molar-refractivity contribution in [2.45, 2.75) is 20.0 Å². The summed E-state index contributed by atoms with van der Waals surface area (Å²) in [5.41, 5.74) is 7.37. The van der Waals surface area contributed by atoms with Gasteiger partial charge in [-0.15, -0.1) is 0 Å². The van der Waals surface area contributed by atoms with Gasteiger partial charge in [-0.2, -0.15) is 0 Å². The van der Waals surface area contributed by atoms with Gasteiger partial charge < -0.3 is 15.0 Å². The molecule has 0 bridgehead atoms. The number of H-pyrrole nitrogens is 1. The average molecular weight is 372 g/mol. The predicted octanol–water partition coefficient (Wildman–Crippen LogP) is 4.51. The average Bonchev–Trinajstić information content (AvgIpc) is 3.15. The molecule has 142 valence electrons. The van der Waals surface area contributed by atoms with Gasteiger partial charge in [0.05, 0.1) is 18.8 Å². The van der Waals surface area contributed by atoms with Crippen molar-refractivity contribution in [3.05, 3.63) is 88.6 Å². The first-order valence-corrected chi connectivity index (χ1v) is 9.60. The molecule has 2 heterocycles. The zero-order chi connectivity index (χ0) is 19.3. The Hall–Kier alpha value is -3.11. The molecule has 2 N–H and O–H groups in total. The number of nitrogens with one attached hydrogen (secondary N) is 2. The largest absolute Gasteiger partial charge is 0.373 e. The van der Waals surface area contributed by atoms with E-state index in [2.05, 4.69) is 53.6 Å². The van der Waals surface area contributed by atoms with Gasteiger partial charge in [0.2, 0.25) is 0 Å². The molecule has 0 aliphatic carbocycles. The Kier molecular flexibility index (Phi) is 5.40. The molecule has 0 spiro atoms. The van der Waals surface area contributed by atoms with Crippen LogP contribution in [0.3, 0.4) is 0 Å². The highest BCUT2D eigenvalue weighted by molar-refractivity contribution is 5.97. The third-order valence-electron chi connectivity index (χ3n) is 5.02. The van der Waals surface area contributed by atoms with E-state index in [9.17, 15) is 4.79 Å². The Morgan fingerprint density at radius 2 is 1.96 bits per heavy atom. The Bertz CT molecular complexity index is 1000. The minimum atomic E-state index is 0.00606. The van der Waals surface area contributed by atoms with Crippen molar-refractivity contribution in [3.8, 4) is 11.3 Å². The van der Waals surface area contributed by atoms with Gasteiger partial charge in [-0.1, -0.05) is 54.6 Å². The highest BCUT2D eigenvalue weighted by atomic mass is 16.5. The number of carbonyl (C=O) groups is 1. The van der Waals surface area contributed by atoms with Crippen LogP contribution in [0.5, 0.6) is 0 Å². The molecule has 4 nitrogen and oxygen atoms in total. The molecule has 1 amide bonds. The summed E-state index contributed by atoms with van der Waals surface area (Å²) in [5.74, 6) is 0.00606. The summed E-state index contributed by atoms with van der Waals surface area (Å²) >= 11 is 0. The van der Waals surface area contributed by atoms with Gasteiger partial charge >= 0.3 is 0 Å². The number of carbonyl (C=O) groups excluding carboxylic acids is 1. The maximum Gasteiger partial charge on any atom is 0.253 e. The molecule has 1 aromatic heterocycles. The number of benzene rings is 2. The molecule has 0 fully saturated rings. The van der Waals surface area contributed by atoms with Gasteiger partial charge in [0.25, 0.3) is 5.91 Å². The zero-order valence-electron chi connectivity index (χ0n) is 16.0. The number of aromatic nitrogens is 1. The molecule has 4 heteroatoms. The lowest BCUT2D eigenvalue weighted by molar-refractivity contribution is 0.0946. The first kappa shape index (κ1) is 18.3. The van der Waals surface area contributed by atoms with Gasteiger partial charge in [0.15, 0.2) is 0 Å². The molecule has 3 aromatic rings. The smallest absolute Gasteiger partial charge is 0.253 e. The van der Waals surface area contributed by atoms with Crippen LogP contribution in [-0.4, -0.2) is 24.0 Å². The molecule has 0 saturated heterocycles. The van der Waals surface area contributed by atoms with Crippen LogP contribution in [0.25, 0.3) is 17.3 Å². The molecule has 4 rings (SSSR count). The van der Waals surface area contributed by atoms with Crippen molar-refractivity contribution in [1.29, 1.82) is 0 Å². The Morgan fingerprint density at radius 1 is 1.11 bits per heavy atom. The lowest BCUT2D eigenvalue weighted by atomic mass is 10.0. The highest BCUT2D eigenvalue weighted by Crippen LogP contribution is 2.26. The van der Waals surface area contributed by atoms with Crippen LogP contribution in [0.1, 0.15) is 32.7 Å². The Balaban J connectivity index is 1.44. The third-order valence-corrected chi connectivity index (χ3v) is 5.02. The van der Waals surface area contributed by atoms with Gasteiger partial charge in [0, 0.05) is 24.4 Å². The van der Waals surface area contributed by atoms with Crippen LogP contribution in [-0.2, 0) is 17.8 Å². The second kappa shape index (κ2) is 8.28. The van der Waals surface area contributed by atoms with E-state index in [-0.39, 0.29) is 5.91 Å². The first-order valence-electron chi connectivity index (χ1n) is 9.60. The van der Waals surface area contributed by atoms with E-state index < -0.39 is 0 Å². The fraction of sp³-hybridized carbons (Fsp3) is 0.208. The topological polar surface area (TPSA) is 54.1 Å². The van der Waals surface area contributed by atoms with Crippen LogP contribution < -0.4 is 5.32 Å². The van der Waals surface area contributed by atoms with E-state index >= 15 is 0 Å². The number of aryl methyl sites for hydroxylation is 1. The molecule has 2 aromatic carbocycles. The lowest BCUT2D eigenvalue weighted by Gasteiger charge is -2.11. The summed E-state index contributed by atoms with van der Waals surface area (Å²) in [4.78, 5) is 15.4. The van der Waals surface area contributed by atoms with Crippen molar-refractivity contribution in [3.63, 3.8) is 0 Å². The van der Waals surface area contributed by atoms with Gasteiger partial charge in [0.1, 0.15) is 0 Å². The summed E-state index contributed by atoms with van der Waals surface area (Å²) in [6.45, 7) is 3.97.